The fraction of sp³-hybridized carbons (Fsp3) is 0.391. The summed E-state index contributed by atoms with van der Waals surface area (Å²) in [5, 5.41) is 0. The van der Waals surface area contributed by atoms with Crippen LogP contribution in [0.25, 0.3) is 11.0 Å². The number of carbonyl (C=O) groups excluding carboxylic acids is 1. The van der Waals surface area contributed by atoms with Gasteiger partial charge in [-0.1, -0.05) is 42.5 Å². The van der Waals surface area contributed by atoms with E-state index in [0.29, 0.717) is 26.2 Å². The van der Waals surface area contributed by atoms with Gasteiger partial charge in [-0.3, -0.25) is 4.79 Å². The first-order chi connectivity index (χ1) is 13.7. The highest BCUT2D eigenvalue weighted by Gasteiger charge is 2.36. The monoisotopic (exact) mass is 377 g/mol. The summed E-state index contributed by atoms with van der Waals surface area (Å²) in [4.78, 5) is 19.7. The molecule has 0 radical (unpaired) electrons. The Kier molecular flexibility index (Phi) is 5.44. The highest BCUT2D eigenvalue weighted by atomic mass is 16.5. The van der Waals surface area contributed by atoms with Gasteiger partial charge in [-0.05, 0) is 31.5 Å². The third-order valence-electron chi connectivity index (χ3n) is 5.62. The normalized spacial score (nSPS) is 18.1. The molecule has 146 valence electrons. The predicted molar refractivity (Wildman–Crippen MR) is 110 cm³/mol. The second kappa shape index (κ2) is 8.15. The molecule has 0 saturated carbocycles. The van der Waals surface area contributed by atoms with Crippen LogP contribution in [0.15, 0.2) is 54.6 Å². The lowest BCUT2D eigenvalue weighted by atomic mass is 10.1. The van der Waals surface area contributed by atoms with Crippen molar-refractivity contribution in [2.45, 2.75) is 38.8 Å². The molecule has 5 nitrogen and oxygen atoms in total. The summed E-state index contributed by atoms with van der Waals surface area (Å²) < 4.78 is 7.82. The molecular weight excluding hydrogens is 350 g/mol. The van der Waals surface area contributed by atoms with Gasteiger partial charge < -0.3 is 14.2 Å². The largest absolute Gasteiger partial charge is 0.380 e. The number of rotatable bonds is 7. The van der Waals surface area contributed by atoms with Gasteiger partial charge in [0.15, 0.2) is 0 Å². The van der Waals surface area contributed by atoms with Crippen LogP contribution in [0, 0.1) is 0 Å². The van der Waals surface area contributed by atoms with Gasteiger partial charge in [-0.15, -0.1) is 0 Å². The number of nitrogens with zero attached hydrogens (tertiary/aromatic N) is 3. The second-order valence-electron chi connectivity index (χ2n) is 7.34. The highest BCUT2D eigenvalue weighted by molar-refractivity contribution is 5.81. The molecule has 0 N–H and O–H groups in total. The number of amides is 1. The number of benzene rings is 2. The zero-order valence-corrected chi connectivity index (χ0v) is 16.5. The van der Waals surface area contributed by atoms with E-state index in [9.17, 15) is 4.79 Å². The maximum Gasteiger partial charge on any atom is 0.223 e. The molecule has 1 aliphatic rings. The molecule has 1 amide bonds. The van der Waals surface area contributed by atoms with Crippen molar-refractivity contribution in [3.8, 4) is 0 Å². The predicted octanol–water partition coefficient (Wildman–Crippen LogP) is 4.15. The van der Waals surface area contributed by atoms with E-state index in [4.69, 9.17) is 9.72 Å². The molecule has 3 aromatic rings. The van der Waals surface area contributed by atoms with Gasteiger partial charge in [0.1, 0.15) is 5.82 Å². The van der Waals surface area contributed by atoms with Crippen LogP contribution in [0.2, 0.25) is 0 Å². The summed E-state index contributed by atoms with van der Waals surface area (Å²) in [6, 6.07) is 18.5. The summed E-state index contributed by atoms with van der Waals surface area (Å²) in [6.07, 6.45) is 0.509. The number of aromatic nitrogens is 2. The minimum absolute atomic E-state index is 0.0694. The molecule has 4 rings (SSSR count). The molecule has 1 aromatic heterocycles. The Morgan fingerprint density at radius 3 is 2.68 bits per heavy atom. The minimum atomic E-state index is 0.0694. The molecule has 2 heterocycles. The number of hydrogen-bond acceptors (Lipinski definition) is 3. The van der Waals surface area contributed by atoms with E-state index in [1.54, 1.807) is 0 Å². The number of likely N-dealkylation sites (tertiary alicyclic amines) is 1. The molecule has 0 spiro atoms. The maximum atomic E-state index is 12.8. The van der Waals surface area contributed by atoms with Gasteiger partial charge in [0, 0.05) is 32.0 Å². The summed E-state index contributed by atoms with van der Waals surface area (Å²) in [6.45, 7) is 6.91. The number of para-hydroxylation sites is 2. The molecule has 2 aromatic carbocycles. The van der Waals surface area contributed by atoms with E-state index in [1.165, 1.54) is 5.56 Å². The third-order valence-corrected chi connectivity index (χ3v) is 5.62. The molecule has 1 aliphatic heterocycles. The molecule has 2 atom stereocenters. The summed E-state index contributed by atoms with van der Waals surface area (Å²) >= 11 is 0. The SMILES string of the molecule is CCOCCn1c(C2CC(=O)N(C(C)c3ccccc3)C2)nc2ccccc21. The summed E-state index contributed by atoms with van der Waals surface area (Å²) in [5.41, 5.74) is 3.26. The maximum absolute atomic E-state index is 12.8. The minimum Gasteiger partial charge on any atom is -0.380 e. The van der Waals surface area contributed by atoms with Crippen LogP contribution >= 0.6 is 0 Å². The standard InChI is InChI=1S/C23H27N3O2/c1-3-28-14-13-25-21-12-8-7-11-20(21)24-23(25)19-15-22(27)26(16-19)17(2)18-9-5-4-6-10-18/h4-12,17,19H,3,13-16H2,1-2H3. The molecule has 5 heteroatoms. The Hall–Kier alpha value is -2.66. The first kappa shape index (κ1) is 18.7. The molecular formula is C23H27N3O2. The van der Waals surface area contributed by atoms with Gasteiger partial charge in [0.25, 0.3) is 0 Å². The Morgan fingerprint density at radius 2 is 1.89 bits per heavy atom. The van der Waals surface area contributed by atoms with Crippen LogP contribution in [0.3, 0.4) is 0 Å². The van der Waals surface area contributed by atoms with Gasteiger partial charge in [0.2, 0.25) is 5.91 Å². The number of carbonyl (C=O) groups is 1. The molecule has 1 saturated heterocycles. The Morgan fingerprint density at radius 1 is 1.14 bits per heavy atom. The van der Waals surface area contributed by atoms with E-state index in [2.05, 4.69) is 29.7 Å². The van der Waals surface area contributed by atoms with Crippen LogP contribution in [0.5, 0.6) is 0 Å². The lowest BCUT2D eigenvalue weighted by molar-refractivity contribution is -0.129. The van der Waals surface area contributed by atoms with E-state index >= 15 is 0 Å². The average molecular weight is 377 g/mol. The zero-order chi connectivity index (χ0) is 19.5. The number of ether oxygens (including phenoxy) is 1. The second-order valence-corrected chi connectivity index (χ2v) is 7.34. The highest BCUT2D eigenvalue weighted by Crippen LogP contribution is 2.34. The third kappa shape index (κ3) is 3.54. The first-order valence-corrected chi connectivity index (χ1v) is 10.1. The van der Waals surface area contributed by atoms with Crippen molar-refractivity contribution in [1.29, 1.82) is 0 Å². The van der Waals surface area contributed by atoms with Gasteiger partial charge >= 0.3 is 0 Å². The fourth-order valence-electron chi connectivity index (χ4n) is 4.13. The van der Waals surface area contributed by atoms with Gasteiger partial charge in [-0.2, -0.15) is 0 Å². The quantitative estimate of drug-likeness (QED) is 0.581. The van der Waals surface area contributed by atoms with Crippen molar-refractivity contribution >= 4 is 16.9 Å². The van der Waals surface area contributed by atoms with Crippen molar-refractivity contribution in [2.75, 3.05) is 19.8 Å². The van der Waals surface area contributed by atoms with E-state index < -0.39 is 0 Å². The van der Waals surface area contributed by atoms with Crippen molar-refractivity contribution in [2.24, 2.45) is 0 Å². The molecule has 0 aliphatic carbocycles. The first-order valence-electron chi connectivity index (χ1n) is 10.1. The smallest absolute Gasteiger partial charge is 0.223 e. The average Bonchev–Trinajstić information content (AvgIpc) is 3.29. The molecule has 1 fully saturated rings. The number of fused-ring (bicyclic) bond motifs is 1. The topological polar surface area (TPSA) is 47.4 Å². The van der Waals surface area contributed by atoms with Crippen molar-refractivity contribution in [3.05, 3.63) is 66.0 Å². The molecule has 0 bridgehead atoms. The van der Waals surface area contributed by atoms with Gasteiger partial charge in [-0.25, -0.2) is 4.98 Å². The van der Waals surface area contributed by atoms with Crippen LogP contribution in [-0.4, -0.2) is 40.1 Å². The van der Waals surface area contributed by atoms with Crippen molar-refractivity contribution in [1.82, 2.24) is 14.5 Å². The summed E-state index contributed by atoms with van der Waals surface area (Å²) in [5.74, 6) is 1.30. The Labute approximate surface area is 165 Å². The summed E-state index contributed by atoms with van der Waals surface area (Å²) in [7, 11) is 0. The van der Waals surface area contributed by atoms with Crippen molar-refractivity contribution < 1.29 is 9.53 Å². The van der Waals surface area contributed by atoms with E-state index in [1.807, 2.05) is 48.2 Å². The lowest BCUT2D eigenvalue weighted by Gasteiger charge is -2.25. The van der Waals surface area contributed by atoms with Crippen molar-refractivity contribution in [3.63, 3.8) is 0 Å². The van der Waals surface area contributed by atoms with E-state index in [-0.39, 0.29) is 17.9 Å². The van der Waals surface area contributed by atoms with Crippen LogP contribution in [0.1, 0.15) is 43.6 Å². The van der Waals surface area contributed by atoms with E-state index in [0.717, 1.165) is 23.4 Å². The Bertz CT molecular complexity index is 951. The molecule has 28 heavy (non-hydrogen) atoms. The Balaban J connectivity index is 1.61. The van der Waals surface area contributed by atoms with Crippen LogP contribution in [-0.2, 0) is 16.1 Å². The fourth-order valence-corrected chi connectivity index (χ4v) is 4.13. The molecule has 2 unspecified atom stereocenters. The number of hydrogen-bond donors (Lipinski definition) is 0. The zero-order valence-electron chi connectivity index (χ0n) is 16.5. The van der Waals surface area contributed by atoms with Crippen LogP contribution < -0.4 is 0 Å². The van der Waals surface area contributed by atoms with Gasteiger partial charge in [0.05, 0.1) is 23.7 Å². The number of imidazole rings is 1. The lowest BCUT2D eigenvalue weighted by Crippen LogP contribution is -2.28. The van der Waals surface area contributed by atoms with Crippen LogP contribution in [0.4, 0.5) is 0 Å².